The molecule has 0 unspecified atom stereocenters. The molecule has 7 nitrogen and oxygen atoms in total. The summed E-state index contributed by atoms with van der Waals surface area (Å²) < 4.78 is 19.3. The average molecular weight is 358 g/mol. The molecule has 0 saturated carbocycles. The van der Waals surface area contributed by atoms with Crippen LogP contribution in [0.5, 0.6) is 0 Å². The molecule has 2 fully saturated rings. The maximum atomic E-state index is 13.9. The number of hydrogen-bond acceptors (Lipinski definition) is 7. The van der Waals surface area contributed by atoms with Crippen LogP contribution in [0.1, 0.15) is 12.8 Å². The molecule has 8 heteroatoms. The summed E-state index contributed by atoms with van der Waals surface area (Å²) in [4.78, 5) is 17.3. The molecule has 4 heterocycles. The Morgan fingerprint density at radius 3 is 2.58 bits per heavy atom. The minimum absolute atomic E-state index is 0.259. The number of ether oxygens (including phenoxy) is 1. The summed E-state index contributed by atoms with van der Waals surface area (Å²) >= 11 is 0. The Morgan fingerprint density at radius 1 is 1.00 bits per heavy atom. The molecule has 1 N–H and O–H groups in total. The van der Waals surface area contributed by atoms with Gasteiger partial charge in [-0.2, -0.15) is 4.98 Å². The molecule has 138 valence electrons. The molecule has 2 saturated heterocycles. The molecule has 0 spiro atoms. The van der Waals surface area contributed by atoms with Gasteiger partial charge in [-0.1, -0.05) is 0 Å². The Kier molecular flexibility index (Phi) is 5.10. The summed E-state index contributed by atoms with van der Waals surface area (Å²) in [5, 5.41) is 3.50. The highest BCUT2D eigenvalue weighted by Gasteiger charge is 2.22. The van der Waals surface area contributed by atoms with Gasteiger partial charge in [0.15, 0.2) is 11.6 Å². The van der Waals surface area contributed by atoms with Crippen molar-refractivity contribution in [2.24, 2.45) is 0 Å². The molecule has 0 radical (unpaired) electrons. The number of morpholine rings is 1. The number of pyridine rings is 1. The van der Waals surface area contributed by atoms with Crippen LogP contribution in [0.4, 0.5) is 22.0 Å². The molecule has 2 aromatic heterocycles. The van der Waals surface area contributed by atoms with E-state index in [0.29, 0.717) is 25.1 Å². The molecule has 2 aromatic rings. The lowest BCUT2D eigenvalue weighted by atomic mass is 10.1. The van der Waals surface area contributed by atoms with Gasteiger partial charge in [-0.05, 0) is 31.0 Å². The van der Waals surface area contributed by atoms with E-state index in [4.69, 9.17) is 4.74 Å². The minimum atomic E-state index is -0.259. The SMILES string of the molecule is Fc1cccnc1N1CCC(Nc2ccnc(N3CCOCC3)n2)CC1. The minimum Gasteiger partial charge on any atom is -0.378 e. The summed E-state index contributed by atoms with van der Waals surface area (Å²) in [5.41, 5.74) is 0. The van der Waals surface area contributed by atoms with E-state index < -0.39 is 0 Å². The van der Waals surface area contributed by atoms with Gasteiger partial charge in [0, 0.05) is 44.6 Å². The Balaban J connectivity index is 1.35. The van der Waals surface area contributed by atoms with Gasteiger partial charge in [-0.15, -0.1) is 0 Å². The van der Waals surface area contributed by atoms with Gasteiger partial charge in [0.25, 0.3) is 0 Å². The van der Waals surface area contributed by atoms with E-state index in [1.54, 1.807) is 18.5 Å². The van der Waals surface area contributed by atoms with E-state index in [9.17, 15) is 4.39 Å². The van der Waals surface area contributed by atoms with Crippen LogP contribution in [0.15, 0.2) is 30.6 Å². The lowest BCUT2D eigenvalue weighted by molar-refractivity contribution is 0.122. The van der Waals surface area contributed by atoms with E-state index in [-0.39, 0.29) is 5.82 Å². The topological polar surface area (TPSA) is 66.4 Å². The number of aromatic nitrogens is 3. The van der Waals surface area contributed by atoms with Crippen molar-refractivity contribution >= 4 is 17.6 Å². The van der Waals surface area contributed by atoms with Gasteiger partial charge in [0.05, 0.1) is 13.2 Å². The van der Waals surface area contributed by atoms with Crippen molar-refractivity contribution in [1.82, 2.24) is 15.0 Å². The molecule has 0 aromatic carbocycles. The molecule has 2 aliphatic heterocycles. The second kappa shape index (κ2) is 7.82. The lowest BCUT2D eigenvalue weighted by Crippen LogP contribution is -2.40. The highest BCUT2D eigenvalue weighted by Crippen LogP contribution is 2.22. The molecular weight excluding hydrogens is 335 g/mol. The predicted octanol–water partition coefficient (Wildman–Crippen LogP) is 1.93. The molecule has 0 atom stereocenters. The summed E-state index contributed by atoms with van der Waals surface area (Å²) in [7, 11) is 0. The molecule has 4 rings (SSSR count). The van der Waals surface area contributed by atoms with E-state index >= 15 is 0 Å². The number of nitrogens with one attached hydrogen (secondary N) is 1. The third kappa shape index (κ3) is 3.85. The maximum absolute atomic E-state index is 13.9. The van der Waals surface area contributed by atoms with Crippen LogP contribution in [0, 0.1) is 5.82 Å². The zero-order valence-electron chi connectivity index (χ0n) is 14.6. The first-order valence-electron chi connectivity index (χ1n) is 9.07. The van der Waals surface area contributed by atoms with Crippen molar-refractivity contribution in [2.75, 3.05) is 54.5 Å². The Labute approximate surface area is 152 Å². The average Bonchev–Trinajstić information content (AvgIpc) is 2.70. The summed E-state index contributed by atoms with van der Waals surface area (Å²) in [5.74, 6) is 1.77. The molecular formula is C18H23FN6O. The Bertz CT molecular complexity index is 731. The van der Waals surface area contributed by atoms with Crippen molar-refractivity contribution in [2.45, 2.75) is 18.9 Å². The molecule has 2 aliphatic rings. The first-order chi connectivity index (χ1) is 12.8. The van der Waals surface area contributed by atoms with Crippen molar-refractivity contribution < 1.29 is 9.13 Å². The van der Waals surface area contributed by atoms with Crippen LogP contribution in [0.3, 0.4) is 0 Å². The Morgan fingerprint density at radius 2 is 1.81 bits per heavy atom. The Hall–Kier alpha value is -2.48. The van der Waals surface area contributed by atoms with Gasteiger partial charge in [-0.25, -0.2) is 14.4 Å². The van der Waals surface area contributed by atoms with Gasteiger partial charge in [0.2, 0.25) is 5.95 Å². The summed E-state index contributed by atoms with van der Waals surface area (Å²) in [6.45, 7) is 4.60. The first-order valence-corrected chi connectivity index (χ1v) is 9.07. The number of hydrogen-bond donors (Lipinski definition) is 1. The van der Waals surface area contributed by atoms with Crippen molar-refractivity contribution in [3.8, 4) is 0 Å². The monoisotopic (exact) mass is 358 g/mol. The van der Waals surface area contributed by atoms with Crippen molar-refractivity contribution in [3.63, 3.8) is 0 Å². The largest absolute Gasteiger partial charge is 0.378 e. The van der Waals surface area contributed by atoms with E-state index in [1.807, 2.05) is 11.0 Å². The zero-order chi connectivity index (χ0) is 17.8. The smallest absolute Gasteiger partial charge is 0.227 e. The molecule has 26 heavy (non-hydrogen) atoms. The molecule has 0 aliphatic carbocycles. The van der Waals surface area contributed by atoms with Gasteiger partial charge >= 0.3 is 0 Å². The van der Waals surface area contributed by atoms with Crippen LogP contribution < -0.4 is 15.1 Å². The van der Waals surface area contributed by atoms with Gasteiger partial charge < -0.3 is 19.9 Å². The molecule has 0 amide bonds. The van der Waals surface area contributed by atoms with E-state index in [0.717, 1.165) is 50.8 Å². The van der Waals surface area contributed by atoms with Crippen LogP contribution in [-0.4, -0.2) is 60.4 Å². The number of nitrogens with zero attached hydrogens (tertiary/aromatic N) is 5. The highest BCUT2D eigenvalue weighted by atomic mass is 19.1. The van der Waals surface area contributed by atoms with Crippen molar-refractivity contribution in [1.29, 1.82) is 0 Å². The van der Waals surface area contributed by atoms with Crippen molar-refractivity contribution in [3.05, 3.63) is 36.4 Å². The number of piperidine rings is 1. The van der Waals surface area contributed by atoms with Crippen LogP contribution in [-0.2, 0) is 4.74 Å². The fourth-order valence-corrected chi connectivity index (χ4v) is 3.40. The normalized spacial score (nSPS) is 18.8. The fourth-order valence-electron chi connectivity index (χ4n) is 3.40. The summed E-state index contributed by atoms with van der Waals surface area (Å²) in [6.07, 6.45) is 5.25. The second-order valence-corrected chi connectivity index (χ2v) is 6.56. The quantitative estimate of drug-likeness (QED) is 0.896. The molecule has 0 bridgehead atoms. The zero-order valence-corrected chi connectivity index (χ0v) is 14.6. The first kappa shape index (κ1) is 17.0. The highest BCUT2D eigenvalue weighted by molar-refractivity contribution is 5.44. The van der Waals surface area contributed by atoms with E-state index in [2.05, 4.69) is 25.2 Å². The van der Waals surface area contributed by atoms with Gasteiger partial charge in [0.1, 0.15) is 5.82 Å². The fraction of sp³-hybridized carbons (Fsp3) is 0.500. The van der Waals surface area contributed by atoms with Crippen LogP contribution >= 0.6 is 0 Å². The van der Waals surface area contributed by atoms with E-state index in [1.165, 1.54) is 6.07 Å². The lowest BCUT2D eigenvalue weighted by Gasteiger charge is -2.33. The number of anilines is 3. The predicted molar refractivity (Wildman–Crippen MR) is 98.1 cm³/mol. The maximum Gasteiger partial charge on any atom is 0.227 e. The second-order valence-electron chi connectivity index (χ2n) is 6.56. The third-order valence-corrected chi connectivity index (χ3v) is 4.82. The standard InChI is InChI=1S/C18H23FN6O/c19-15-2-1-6-20-17(15)24-8-4-14(5-9-24)22-16-3-7-21-18(23-16)25-10-12-26-13-11-25/h1-3,6-7,14H,4-5,8-13H2,(H,21,22,23). The van der Waals surface area contributed by atoms with Gasteiger partial charge in [-0.3, -0.25) is 0 Å². The third-order valence-electron chi connectivity index (χ3n) is 4.82. The van der Waals surface area contributed by atoms with Crippen LogP contribution in [0.25, 0.3) is 0 Å². The summed E-state index contributed by atoms with van der Waals surface area (Å²) in [6, 6.07) is 5.29. The number of halogens is 1. The van der Waals surface area contributed by atoms with Crippen LogP contribution in [0.2, 0.25) is 0 Å². The number of rotatable bonds is 4.